The molecule has 2 heterocycles. The van der Waals surface area contributed by atoms with E-state index in [9.17, 15) is 9.59 Å². The van der Waals surface area contributed by atoms with Crippen LogP contribution in [0.25, 0.3) is 16.2 Å². The Kier molecular flexibility index (Phi) is 5.02. The molecule has 0 unspecified atom stereocenters. The van der Waals surface area contributed by atoms with Crippen molar-refractivity contribution in [2.45, 2.75) is 11.8 Å². The smallest absolute Gasteiger partial charge is 0.271 e. The average molecular weight is 408 g/mol. The summed E-state index contributed by atoms with van der Waals surface area (Å²) in [5.41, 5.74) is 3.10. The first-order valence-corrected chi connectivity index (χ1v) is 10.7. The Balaban J connectivity index is 1.77. The van der Waals surface area contributed by atoms with E-state index in [0.717, 1.165) is 21.7 Å². The van der Waals surface area contributed by atoms with Crippen LogP contribution in [0, 0.1) is 6.92 Å². The molecule has 28 heavy (non-hydrogen) atoms. The van der Waals surface area contributed by atoms with E-state index in [1.807, 2.05) is 67.1 Å². The molecule has 0 aliphatic carbocycles. The average Bonchev–Trinajstić information content (AvgIpc) is 3.14. The molecular weight excluding hydrogens is 390 g/mol. The number of nitrogens with zero attached hydrogens (tertiary/aromatic N) is 2. The van der Waals surface area contributed by atoms with Crippen LogP contribution in [0.1, 0.15) is 15.9 Å². The van der Waals surface area contributed by atoms with Crippen molar-refractivity contribution in [1.82, 2.24) is 9.38 Å². The fourth-order valence-electron chi connectivity index (χ4n) is 2.91. The highest BCUT2D eigenvalue weighted by atomic mass is 32.2. The first-order valence-electron chi connectivity index (χ1n) is 8.59. The molecule has 0 atom stereocenters. The first kappa shape index (κ1) is 18.5. The maximum atomic E-state index is 13.1. The molecule has 0 spiro atoms. The van der Waals surface area contributed by atoms with Crippen molar-refractivity contribution in [2.75, 3.05) is 11.6 Å². The topological polar surface area (TPSA) is 63.5 Å². The molecule has 140 valence electrons. The molecule has 2 aromatic heterocycles. The predicted octanol–water partition coefficient (Wildman–Crippen LogP) is 4.71. The number of thiazole rings is 1. The molecule has 0 aliphatic rings. The minimum absolute atomic E-state index is 0.0140. The van der Waals surface area contributed by atoms with Gasteiger partial charge in [-0.15, -0.1) is 23.1 Å². The van der Waals surface area contributed by atoms with Gasteiger partial charge in [-0.2, -0.15) is 0 Å². The van der Waals surface area contributed by atoms with Gasteiger partial charge in [0.05, 0.1) is 11.4 Å². The molecule has 4 aromatic rings. The molecule has 0 saturated carbocycles. The lowest BCUT2D eigenvalue weighted by Crippen LogP contribution is -2.26. The van der Waals surface area contributed by atoms with Crippen LogP contribution in [-0.2, 0) is 0 Å². The van der Waals surface area contributed by atoms with Crippen LogP contribution in [0.5, 0.6) is 0 Å². The Hall–Kier alpha value is -2.90. The van der Waals surface area contributed by atoms with Crippen LogP contribution in [0.2, 0.25) is 0 Å². The quantitative estimate of drug-likeness (QED) is 0.498. The number of aryl methyl sites for hydroxylation is 1. The molecule has 1 N–H and O–H groups in total. The lowest BCUT2D eigenvalue weighted by Gasteiger charge is -2.09. The summed E-state index contributed by atoms with van der Waals surface area (Å²) in [7, 11) is 0. The van der Waals surface area contributed by atoms with Gasteiger partial charge in [0.2, 0.25) is 0 Å². The summed E-state index contributed by atoms with van der Waals surface area (Å²) in [5.74, 6) is -0.463. The summed E-state index contributed by atoms with van der Waals surface area (Å²) in [6.45, 7) is 2.01. The summed E-state index contributed by atoms with van der Waals surface area (Å²) in [4.78, 5) is 31.7. The highest BCUT2D eigenvalue weighted by Gasteiger charge is 2.18. The van der Waals surface area contributed by atoms with Gasteiger partial charge in [-0.05, 0) is 30.9 Å². The number of aromatic nitrogens is 2. The van der Waals surface area contributed by atoms with Crippen molar-refractivity contribution in [1.29, 1.82) is 0 Å². The highest BCUT2D eigenvalue weighted by Crippen LogP contribution is 2.26. The minimum Gasteiger partial charge on any atom is -0.321 e. The monoisotopic (exact) mass is 407 g/mol. The van der Waals surface area contributed by atoms with Crippen LogP contribution >= 0.6 is 23.1 Å². The van der Waals surface area contributed by atoms with E-state index in [1.165, 1.54) is 33.7 Å². The van der Waals surface area contributed by atoms with Gasteiger partial charge >= 0.3 is 0 Å². The number of anilines is 1. The number of amides is 1. The van der Waals surface area contributed by atoms with Gasteiger partial charge < -0.3 is 5.32 Å². The Morgan fingerprint density at radius 2 is 1.89 bits per heavy atom. The van der Waals surface area contributed by atoms with Gasteiger partial charge in [-0.3, -0.25) is 14.0 Å². The minimum atomic E-state index is -0.463. The summed E-state index contributed by atoms with van der Waals surface area (Å²) in [6.07, 6.45) is 3.29. The molecule has 0 saturated heterocycles. The summed E-state index contributed by atoms with van der Waals surface area (Å²) in [6, 6.07) is 15.4. The molecule has 0 fully saturated rings. The Bertz CT molecular complexity index is 1230. The fourth-order valence-corrected chi connectivity index (χ4v) is 4.32. The number of hydrogen-bond donors (Lipinski definition) is 1. The van der Waals surface area contributed by atoms with Gasteiger partial charge in [0.25, 0.3) is 11.5 Å². The SMILES string of the molecule is CSc1ccccc1NC(=O)c1cnc2scc(-c3ccc(C)cc3)n2c1=O. The first-order chi connectivity index (χ1) is 13.6. The normalized spacial score (nSPS) is 10.9. The summed E-state index contributed by atoms with van der Waals surface area (Å²) >= 11 is 2.90. The number of benzene rings is 2. The number of nitrogens with one attached hydrogen (secondary N) is 1. The second-order valence-corrected chi connectivity index (χ2v) is 7.92. The van der Waals surface area contributed by atoms with E-state index in [1.54, 1.807) is 0 Å². The third-order valence-corrected chi connectivity index (χ3v) is 6.03. The third kappa shape index (κ3) is 3.34. The van der Waals surface area contributed by atoms with Gasteiger partial charge in [-0.25, -0.2) is 4.98 Å². The van der Waals surface area contributed by atoms with Crippen LogP contribution < -0.4 is 10.9 Å². The van der Waals surface area contributed by atoms with E-state index in [4.69, 9.17) is 0 Å². The van der Waals surface area contributed by atoms with E-state index >= 15 is 0 Å². The second-order valence-electron chi connectivity index (χ2n) is 6.24. The molecule has 7 heteroatoms. The second kappa shape index (κ2) is 7.61. The van der Waals surface area contributed by atoms with Crippen LogP contribution in [-0.4, -0.2) is 21.5 Å². The molecule has 5 nitrogen and oxygen atoms in total. The Morgan fingerprint density at radius 3 is 2.64 bits per heavy atom. The number of hydrogen-bond acceptors (Lipinski definition) is 5. The number of para-hydroxylation sites is 1. The third-order valence-electron chi connectivity index (χ3n) is 4.39. The van der Waals surface area contributed by atoms with Crippen LogP contribution in [0.3, 0.4) is 0 Å². The van der Waals surface area contributed by atoms with Crippen molar-refractivity contribution in [3.05, 3.63) is 81.6 Å². The van der Waals surface area contributed by atoms with Crippen molar-refractivity contribution < 1.29 is 4.79 Å². The van der Waals surface area contributed by atoms with Crippen molar-refractivity contribution >= 4 is 39.7 Å². The maximum absolute atomic E-state index is 13.1. The van der Waals surface area contributed by atoms with Gasteiger partial charge in [0.1, 0.15) is 5.56 Å². The standard InChI is InChI=1S/C21H17N3O2S2/c1-13-7-9-14(10-8-13)17-12-28-21-22-11-15(20(26)24(17)21)19(25)23-16-5-3-4-6-18(16)27-2/h3-12H,1-2H3,(H,23,25). The van der Waals surface area contributed by atoms with Crippen molar-refractivity contribution in [3.63, 3.8) is 0 Å². The molecule has 4 rings (SSSR count). The zero-order chi connectivity index (χ0) is 19.7. The molecule has 0 radical (unpaired) electrons. The Morgan fingerprint density at radius 1 is 1.14 bits per heavy atom. The molecule has 0 bridgehead atoms. The number of rotatable bonds is 4. The maximum Gasteiger partial charge on any atom is 0.271 e. The van der Waals surface area contributed by atoms with E-state index in [-0.39, 0.29) is 11.1 Å². The number of thioether (sulfide) groups is 1. The van der Waals surface area contributed by atoms with Crippen LogP contribution in [0.15, 0.2) is 69.8 Å². The number of carbonyl (C=O) groups is 1. The lowest BCUT2D eigenvalue weighted by molar-refractivity contribution is 0.102. The summed E-state index contributed by atoms with van der Waals surface area (Å²) in [5, 5.41) is 4.72. The van der Waals surface area contributed by atoms with Crippen LogP contribution in [0.4, 0.5) is 5.69 Å². The number of fused-ring (bicyclic) bond motifs is 1. The Labute approximate surface area is 170 Å². The highest BCUT2D eigenvalue weighted by molar-refractivity contribution is 7.98. The fraction of sp³-hybridized carbons (Fsp3) is 0.0952. The van der Waals surface area contributed by atoms with E-state index < -0.39 is 5.91 Å². The zero-order valence-electron chi connectivity index (χ0n) is 15.3. The van der Waals surface area contributed by atoms with E-state index in [0.29, 0.717) is 10.6 Å². The molecule has 1 amide bonds. The van der Waals surface area contributed by atoms with Crippen molar-refractivity contribution in [3.8, 4) is 11.3 Å². The van der Waals surface area contributed by atoms with Gasteiger partial charge in [0, 0.05) is 16.5 Å². The lowest BCUT2D eigenvalue weighted by atomic mass is 10.1. The van der Waals surface area contributed by atoms with Gasteiger partial charge in [-0.1, -0.05) is 42.0 Å². The zero-order valence-corrected chi connectivity index (χ0v) is 16.9. The molecule has 2 aromatic carbocycles. The van der Waals surface area contributed by atoms with E-state index in [2.05, 4.69) is 10.3 Å². The summed E-state index contributed by atoms with van der Waals surface area (Å²) < 4.78 is 1.50. The molecule has 0 aliphatic heterocycles. The predicted molar refractivity (Wildman–Crippen MR) is 116 cm³/mol. The van der Waals surface area contributed by atoms with Crippen molar-refractivity contribution in [2.24, 2.45) is 0 Å². The molecular formula is C21H17N3O2S2. The van der Waals surface area contributed by atoms with Gasteiger partial charge in [0.15, 0.2) is 4.96 Å². The number of carbonyl (C=O) groups excluding carboxylic acids is 1. The largest absolute Gasteiger partial charge is 0.321 e.